The molecule has 5 heterocycles. The van der Waals surface area contributed by atoms with E-state index in [1.165, 1.54) is 45.1 Å². The molecule has 48 heavy (non-hydrogen) atoms. The van der Waals surface area contributed by atoms with Crippen LogP contribution < -0.4 is 14.8 Å². The molecule has 2 aromatic heterocycles. The molecule has 4 fully saturated rings. The molecule has 4 aromatic rings. The van der Waals surface area contributed by atoms with Crippen molar-refractivity contribution >= 4 is 23.2 Å². The minimum absolute atomic E-state index is 0.311. The summed E-state index contributed by atoms with van der Waals surface area (Å²) in [6, 6.07) is 20.4. The van der Waals surface area contributed by atoms with Gasteiger partial charge in [0, 0.05) is 71.6 Å². The maximum atomic E-state index is 7.17. The van der Waals surface area contributed by atoms with Crippen molar-refractivity contribution in [3.63, 3.8) is 0 Å². The average molecular weight is 685 g/mol. The van der Waals surface area contributed by atoms with Crippen molar-refractivity contribution in [2.24, 2.45) is 5.41 Å². The van der Waals surface area contributed by atoms with Gasteiger partial charge in [-0.2, -0.15) is 0 Å². The summed E-state index contributed by atoms with van der Waals surface area (Å²) in [5.74, 6) is 1.28. The molecule has 1 atom stereocenters. The Bertz CT molecular complexity index is 1710. The van der Waals surface area contributed by atoms with E-state index in [2.05, 4.69) is 33.3 Å². The fourth-order valence-electron chi connectivity index (χ4n) is 8.36. The van der Waals surface area contributed by atoms with Crippen molar-refractivity contribution in [3.8, 4) is 45.4 Å². The van der Waals surface area contributed by atoms with E-state index in [1.807, 2.05) is 42.5 Å². The lowest BCUT2D eigenvalue weighted by molar-refractivity contribution is 0.137. The quantitative estimate of drug-likeness (QED) is 0.191. The summed E-state index contributed by atoms with van der Waals surface area (Å²) in [7, 11) is 3.38. The maximum absolute atomic E-state index is 7.17. The van der Waals surface area contributed by atoms with Gasteiger partial charge in [0.2, 0.25) is 11.8 Å². The first-order chi connectivity index (χ1) is 23.4. The number of nitrogens with zero attached hydrogens (tertiary/aromatic N) is 4. The third kappa shape index (κ3) is 5.88. The maximum Gasteiger partial charge on any atom is 0.218 e. The zero-order chi connectivity index (χ0) is 32.9. The second kappa shape index (κ2) is 12.9. The van der Waals surface area contributed by atoms with Crippen LogP contribution in [-0.2, 0) is 13.1 Å². The van der Waals surface area contributed by atoms with Crippen molar-refractivity contribution in [1.29, 1.82) is 0 Å². The SMILES string of the molecule is COc1nc(-c2cccc(-c3cccc(-c4ccc(CN5CCC6(CCN6)C5)c(OC)n4)c3Cl)c2Cl)ccc1CN1CCC2(CCC2)C1. The van der Waals surface area contributed by atoms with Crippen LogP contribution in [0.3, 0.4) is 0 Å². The largest absolute Gasteiger partial charge is 0.481 e. The highest BCUT2D eigenvalue weighted by Gasteiger charge is 2.43. The number of benzene rings is 2. The summed E-state index contributed by atoms with van der Waals surface area (Å²) in [4.78, 5) is 14.9. The molecule has 8 rings (SSSR count). The molecule has 3 saturated heterocycles. The molecule has 7 nitrogen and oxygen atoms in total. The zero-order valence-electron chi connectivity index (χ0n) is 27.8. The molecule has 3 aliphatic heterocycles. The first kappa shape index (κ1) is 32.0. The number of likely N-dealkylation sites (tertiary alicyclic amines) is 2. The zero-order valence-corrected chi connectivity index (χ0v) is 29.3. The Kier molecular flexibility index (Phi) is 8.62. The number of ether oxygens (including phenoxy) is 2. The standard InChI is InChI=1S/C39H43Cl2N5O2/c1-47-36-26(22-45-20-17-38(24-45)14-5-15-38)10-12-32(43-36)30-8-3-6-28(34(30)40)29-7-4-9-31(35(29)41)33-13-11-27(37(44-33)48-2)23-46-21-18-39(25-46)16-19-42-39/h3-4,6-13,42H,5,14-25H2,1-2H3. The second-order valence-corrected chi connectivity index (χ2v) is 15.1. The van der Waals surface area contributed by atoms with Crippen LogP contribution in [0.5, 0.6) is 11.8 Å². The van der Waals surface area contributed by atoms with Gasteiger partial charge in [-0.3, -0.25) is 9.80 Å². The summed E-state index contributed by atoms with van der Waals surface area (Å²) >= 11 is 14.3. The predicted molar refractivity (Wildman–Crippen MR) is 193 cm³/mol. The number of hydrogen-bond donors (Lipinski definition) is 1. The van der Waals surface area contributed by atoms with Crippen LogP contribution in [0.25, 0.3) is 33.6 Å². The highest BCUT2D eigenvalue weighted by atomic mass is 35.5. The van der Waals surface area contributed by atoms with Gasteiger partial charge in [0.15, 0.2) is 0 Å². The third-order valence-corrected chi connectivity index (χ3v) is 12.2. The lowest BCUT2D eigenvalue weighted by Crippen LogP contribution is -2.58. The monoisotopic (exact) mass is 683 g/mol. The third-order valence-electron chi connectivity index (χ3n) is 11.4. The molecule has 250 valence electrons. The number of rotatable bonds is 9. The van der Waals surface area contributed by atoms with Crippen molar-refractivity contribution < 1.29 is 9.47 Å². The minimum Gasteiger partial charge on any atom is -0.481 e. The van der Waals surface area contributed by atoms with Gasteiger partial charge in [0.25, 0.3) is 0 Å². The first-order valence-corrected chi connectivity index (χ1v) is 18.0. The number of pyridine rings is 2. The van der Waals surface area contributed by atoms with E-state index in [4.69, 9.17) is 42.6 Å². The van der Waals surface area contributed by atoms with E-state index in [0.29, 0.717) is 32.8 Å². The van der Waals surface area contributed by atoms with E-state index in [0.717, 1.165) is 84.0 Å². The highest BCUT2D eigenvalue weighted by molar-refractivity contribution is 6.39. The van der Waals surface area contributed by atoms with Gasteiger partial charge < -0.3 is 14.8 Å². The Labute approximate surface area is 293 Å². The van der Waals surface area contributed by atoms with Crippen molar-refractivity contribution in [3.05, 3.63) is 81.8 Å². The normalized spacial score (nSPS) is 21.8. The Hall–Kier alpha value is -3.20. The molecule has 1 unspecified atom stereocenters. The molecule has 9 heteroatoms. The smallest absolute Gasteiger partial charge is 0.218 e. The highest BCUT2D eigenvalue weighted by Crippen LogP contribution is 2.48. The number of nitrogens with one attached hydrogen (secondary N) is 1. The average Bonchev–Trinajstić information content (AvgIpc) is 3.71. The molecule has 2 spiro atoms. The van der Waals surface area contributed by atoms with E-state index in [1.54, 1.807) is 14.2 Å². The number of hydrogen-bond acceptors (Lipinski definition) is 7. The summed E-state index contributed by atoms with van der Waals surface area (Å²) < 4.78 is 11.6. The van der Waals surface area contributed by atoms with Crippen LogP contribution in [0.4, 0.5) is 0 Å². The lowest BCUT2D eigenvalue weighted by Gasteiger charge is -2.40. The molecule has 2 aromatic carbocycles. The Morgan fingerprint density at radius 3 is 1.62 bits per heavy atom. The van der Waals surface area contributed by atoms with E-state index in [-0.39, 0.29) is 0 Å². The lowest BCUT2D eigenvalue weighted by atomic mass is 9.68. The van der Waals surface area contributed by atoms with Crippen molar-refractivity contribution in [1.82, 2.24) is 25.1 Å². The Morgan fingerprint density at radius 2 is 1.19 bits per heavy atom. The van der Waals surface area contributed by atoms with Gasteiger partial charge in [-0.25, -0.2) is 9.97 Å². The Morgan fingerprint density at radius 1 is 0.667 bits per heavy atom. The van der Waals surface area contributed by atoms with Crippen LogP contribution in [0.2, 0.25) is 10.0 Å². The molecule has 1 saturated carbocycles. The fraction of sp³-hybridized carbons (Fsp3) is 0.436. The van der Waals surface area contributed by atoms with Crippen molar-refractivity contribution in [2.45, 2.75) is 57.2 Å². The van der Waals surface area contributed by atoms with Crippen LogP contribution in [0.15, 0.2) is 60.7 Å². The van der Waals surface area contributed by atoms with E-state index >= 15 is 0 Å². The van der Waals surface area contributed by atoms with Crippen molar-refractivity contribution in [2.75, 3.05) is 46.9 Å². The molecule has 1 aliphatic carbocycles. The summed E-state index contributed by atoms with van der Waals surface area (Å²) in [6.45, 7) is 7.26. The molecule has 1 N–H and O–H groups in total. The van der Waals surface area contributed by atoms with Crippen LogP contribution >= 0.6 is 23.2 Å². The van der Waals surface area contributed by atoms with Gasteiger partial charge in [0.1, 0.15) is 0 Å². The van der Waals surface area contributed by atoms with Crippen LogP contribution in [-0.4, -0.2) is 72.3 Å². The Balaban J connectivity index is 1.04. The van der Waals surface area contributed by atoms with Gasteiger partial charge >= 0.3 is 0 Å². The van der Waals surface area contributed by atoms with E-state index < -0.39 is 0 Å². The van der Waals surface area contributed by atoms with Gasteiger partial charge in [-0.1, -0.05) is 78.2 Å². The van der Waals surface area contributed by atoms with Crippen LogP contribution in [0, 0.1) is 5.41 Å². The minimum atomic E-state index is 0.311. The molecular formula is C39H43Cl2N5O2. The predicted octanol–water partition coefficient (Wildman–Crippen LogP) is 8.12. The van der Waals surface area contributed by atoms with Gasteiger partial charge in [-0.05, 0) is 62.7 Å². The van der Waals surface area contributed by atoms with Crippen LogP contribution in [0.1, 0.15) is 49.7 Å². The number of aromatic nitrogens is 2. The number of methoxy groups -OCH3 is 2. The molecule has 0 radical (unpaired) electrons. The van der Waals surface area contributed by atoms with Gasteiger partial charge in [-0.15, -0.1) is 0 Å². The summed E-state index contributed by atoms with van der Waals surface area (Å²) in [5, 5.41) is 4.82. The first-order valence-electron chi connectivity index (χ1n) is 17.2. The summed E-state index contributed by atoms with van der Waals surface area (Å²) in [6.07, 6.45) is 7.87. The van der Waals surface area contributed by atoms with E-state index in [9.17, 15) is 0 Å². The summed E-state index contributed by atoms with van der Waals surface area (Å²) in [5.41, 5.74) is 7.92. The molecule has 0 amide bonds. The van der Waals surface area contributed by atoms with Gasteiger partial charge in [0.05, 0.1) is 35.7 Å². The number of halogens is 2. The molecule has 4 aliphatic rings. The fourth-order valence-corrected chi connectivity index (χ4v) is 9.01. The second-order valence-electron chi connectivity index (χ2n) is 14.3. The molecule has 0 bridgehead atoms. The topological polar surface area (TPSA) is 62.8 Å². The molecular weight excluding hydrogens is 641 g/mol.